The first-order valence-corrected chi connectivity index (χ1v) is 3.67. The highest BCUT2D eigenvalue weighted by atomic mass is 16.5. The van der Waals surface area contributed by atoms with Crippen molar-refractivity contribution in [1.29, 1.82) is 0 Å². The van der Waals surface area contributed by atoms with Gasteiger partial charge in [0, 0.05) is 12.3 Å². The molecule has 0 aromatic carbocycles. The van der Waals surface area contributed by atoms with Crippen LogP contribution in [0.1, 0.15) is 0 Å². The smallest absolute Gasteiger partial charge is 0.259 e. The van der Waals surface area contributed by atoms with Crippen molar-refractivity contribution in [2.45, 2.75) is 0 Å². The maximum atomic E-state index is 4.91. The van der Waals surface area contributed by atoms with Crippen LogP contribution < -0.4 is 4.74 Å². The lowest BCUT2D eigenvalue weighted by atomic mass is 10.3. The fourth-order valence-electron chi connectivity index (χ4n) is 0.928. The van der Waals surface area contributed by atoms with E-state index in [4.69, 9.17) is 9.26 Å². The molecule has 0 aliphatic heterocycles. The van der Waals surface area contributed by atoms with E-state index in [0.29, 0.717) is 11.8 Å². The highest BCUT2D eigenvalue weighted by molar-refractivity contribution is 5.50. The Morgan fingerprint density at radius 3 is 2.77 bits per heavy atom. The highest BCUT2D eigenvalue weighted by Gasteiger charge is 2.03. The lowest BCUT2D eigenvalue weighted by molar-refractivity contribution is 0.397. The van der Waals surface area contributed by atoms with E-state index in [1.54, 1.807) is 25.4 Å². The molecule has 0 unspecified atom stereocenters. The molecule has 0 saturated heterocycles. The average Bonchev–Trinajstić information content (AvgIpc) is 2.71. The fourth-order valence-corrected chi connectivity index (χ4v) is 0.928. The Bertz CT molecular complexity index is 369. The molecule has 2 rings (SSSR count). The molecule has 13 heavy (non-hydrogen) atoms. The van der Waals surface area contributed by atoms with Gasteiger partial charge in [0.25, 0.3) is 5.89 Å². The molecule has 0 fully saturated rings. The summed E-state index contributed by atoms with van der Waals surface area (Å²) in [4.78, 5) is 7.89. The Morgan fingerprint density at radius 1 is 1.31 bits per heavy atom. The Morgan fingerprint density at radius 2 is 2.23 bits per heavy atom. The minimum absolute atomic E-state index is 0.454. The van der Waals surface area contributed by atoms with Crippen LogP contribution in [0, 0.1) is 0 Å². The Hall–Kier alpha value is -1.91. The summed E-state index contributed by atoms with van der Waals surface area (Å²) in [5.74, 6) is 1.01. The lowest BCUT2D eigenvalue weighted by Crippen LogP contribution is -1.86. The second-order valence-corrected chi connectivity index (χ2v) is 2.34. The van der Waals surface area contributed by atoms with Crippen LogP contribution in [0.2, 0.25) is 0 Å². The zero-order valence-corrected chi connectivity index (χ0v) is 6.97. The summed E-state index contributed by atoms with van der Waals surface area (Å²) in [6.45, 7) is 0. The van der Waals surface area contributed by atoms with E-state index < -0.39 is 0 Å². The quantitative estimate of drug-likeness (QED) is 0.688. The third-order valence-corrected chi connectivity index (χ3v) is 1.55. The van der Waals surface area contributed by atoms with Gasteiger partial charge in [-0.15, -0.1) is 0 Å². The summed E-state index contributed by atoms with van der Waals surface area (Å²) in [6, 6.07) is 3.54. The molecular formula is C8H7N3O2. The van der Waals surface area contributed by atoms with Gasteiger partial charge in [0.2, 0.25) is 5.88 Å². The van der Waals surface area contributed by atoms with E-state index in [0.717, 1.165) is 5.56 Å². The molecule has 0 spiro atoms. The summed E-state index contributed by atoms with van der Waals surface area (Å²) in [6.07, 6.45) is 2.96. The van der Waals surface area contributed by atoms with Crippen molar-refractivity contribution >= 4 is 0 Å². The highest BCUT2D eigenvalue weighted by Crippen LogP contribution is 2.16. The van der Waals surface area contributed by atoms with Gasteiger partial charge in [-0.05, 0) is 6.07 Å². The Balaban J connectivity index is 2.33. The summed E-state index contributed by atoms with van der Waals surface area (Å²) in [5, 5.41) is 3.50. The second-order valence-electron chi connectivity index (χ2n) is 2.34. The van der Waals surface area contributed by atoms with E-state index in [-0.39, 0.29) is 0 Å². The number of nitrogens with zero attached hydrogens (tertiary/aromatic N) is 3. The summed E-state index contributed by atoms with van der Waals surface area (Å²) < 4.78 is 9.76. The third kappa shape index (κ3) is 1.48. The molecule has 5 nitrogen and oxygen atoms in total. The zero-order valence-electron chi connectivity index (χ0n) is 6.97. The Kier molecular flexibility index (Phi) is 1.91. The van der Waals surface area contributed by atoms with Crippen LogP contribution in [0.25, 0.3) is 11.5 Å². The van der Waals surface area contributed by atoms with Gasteiger partial charge in [0.15, 0.2) is 6.33 Å². The minimum atomic E-state index is 0.454. The summed E-state index contributed by atoms with van der Waals surface area (Å²) in [5.41, 5.74) is 0.776. The molecule has 0 amide bonds. The molecule has 0 bridgehead atoms. The molecule has 5 heteroatoms. The van der Waals surface area contributed by atoms with Crippen molar-refractivity contribution < 1.29 is 9.26 Å². The van der Waals surface area contributed by atoms with Gasteiger partial charge < -0.3 is 9.26 Å². The van der Waals surface area contributed by atoms with Gasteiger partial charge in [-0.3, -0.25) is 0 Å². The summed E-state index contributed by atoms with van der Waals surface area (Å²) in [7, 11) is 1.56. The standard InChI is InChI=1S/C8H7N3O2/c1-12-7-3-2-6(4-9-7)8-10-5-11-13-8/h2-5H,1H3. The molecule has 0 aliphatic carbocycles. The molecule has 2 heterocycles. The minimum Gasteiger partial charge on any atom is -0.481 e. The van der Waals surface area contributed by atoms with Gasteiger partial charge in [-0.1, -0.05) is 5.16 Å². The first-order chi connectivity index (χ1) is 6.40. The predicted octanol–water partition coefficient (Wildman–Crippen LogP) is 1.14. The van der Waals surface area contributed by atoms with Crippen LogP contribution in [0.3, 0.4) is 0 Å². The topological polar surface area (TPSA) is 61.0 Å². The van der Waals surface area contributed by atoms with Crippen molar-refractivity contribution in [3.63, 3.8) is 0 Å². The number of pyridine rings is 1. The van der Waals surface area contributed by atoms with Gasteiger partial charge >= 0.3 is 0 Å². The normalized spacial score (nSPS) is 9.92. The maximum absolute atomic E-state index is 4.91. The first-order valence-electron chi connectivity index (χ1n) is 3.67. The van der Waals surface area contributed by atoms with Crippen molar-refractivity contribution in [2.24, 2.45) is 0 Å². The summed E-state index contributed by atoms with van der Waals surface area (Å²) >= 11 is 0. The molecule has 0 radical (unpaired) electrons. The number of ether oxygens (including phenoxy) is 1. The van der Waals surface area contributed by atoms with E-state index in [1.807, 2.05) is 0 Å². The number of rotatable bonds is 2. The van der Waals surface area contributed by atoms with E-state index in [1.165, 1.54) is 6.33 Å². The molecule has 2 aromatic rings. The van der Waals surface area contributed by atoms with E-state index >= 15 is 0 Å². The molecule has 0 saturated carbocycles. The van der Waals surface area contributed by atoms with Crippen LogP contribution >= 0.6 is 0 Å². The molecule has 0 aliphatic rings. The molecule has 0 N–H and O–H groups in total. The predicted molar refractivity (Wildman–Crippen MR) is 44.1 cm³/mol. The van der Waals surface area contributed by atoms with Crippen molar-refractivity contribution in [2.75, 3.05) is 7.11 Å². The molecular weight excluding hydrogens is 170 g/mol. The first kappa shape index (κ1) is 7.72. The molecule has 66 valence electrons. The van der Waals surface area contributed by atoms with Gasteiger partial charge in [-0.2, -0.15) is 4.98 Å². The lowest BCUT2D eigenvalue weighted by Gasteiger charge is -1.97. The molecule has 0 atom stereocenters. The second kappa shape index (κ2) is 3.22. The number of hydrogen-bond acceptors (Lipinski definition) is 5. The number of hydrogen-bond donors (Lipinski definition) is 0. The van der Waals surface area contributed by atoms with Crippen LogP contribution in [-0.2, 0) is 0 Å². The van der Waals surface area contributed by atoms with Gasteiger partial charge in [0.1, 0.15) is 0 Å². The van der Waals surface area contributed by atoms with Crippen LogP contribution in [0.5, 0.6) is 5.88 Å². The SMILES string of the molecule is COc1ccc(-c2ncno2)cn1. The van der Waals surface area contributed by atoms with Crippen molar-refractivity contribution in [3.8, 4) is 17.3 Å². The third-order valence-electron chi connectivity index (χ3n) is 1.55. The van der Waals surface area contributed by atoms with Crippen LogP contribution in [-0.4, -0.2) is 22.2 Å². The molecule has 2 aromatic heterocycles. The largest absolute Gasteiger partial charge is 0.481 e. The average molecular weight is 177 g/mol. The zero-order chi connectivity index (χ0) is 9.10. The van der Waals surface area contributed by atoms with Crippen LogP contribution in [0.4, 0.5) is 0 Å². The maximum Gasteiger partial charge on any atom is 0.259 e. The number of aromatic nitrogens is 3. The van der Waals surface area contributed by atoms with Crippen molar-refractivity contribution in [1.82, 2.24) is 15.1 Å². The van der Waals surface area contributed by atoms with Crippen LogP contribution in [0.15, 0.2) is 29.2 Å². The fraction of sp³-hybridized carbons (Fsp3) is 0.125. The monoisotopic (exact) mass is 177 g/mol. The van der Waals surface area contributed by atoms with Gasteiger partial charge in [0.05, 0.1) is 12.7 Å². The number of methoxy groups -OCH3 is 1. The van der Waals surface area contributed by atoms with Gasteiger partial charge in [-0.25, -0.2) is 4.98 Å². The van der Waals surface area contributed by atoms with Crippen molar-refractivity contribution in [3.05, 3.63) is 24.7 Å². The van der Waals surface area contributed by atoms with E-state index in [9.17, 15) is 0 Å². The van der Waals surface area contributed by atoms with E-state index in [2.05, 4.69) is 15.1 Å². The Labute approximate surface area is 74.4 Å².